The summed E-state index contributed by atoms with van der Waals surface area (Å²) in [5, 5.41) is 2.84. The summed E-state index contributed by atoms with van der Waals surface area (Å²) in [6, 6.07) is 23.1. The zero-order valence-electron chi connectivity index (χ0n) is 18.4. The van der Waals surface area contributed by atoms with E-state index in [0.717, 1.165) is 11.1 Å². The van der Waals surface area contributed by atoms with E-state index in [9.17, 15) is 13.2 Å². The number of carbonyl (C=O) groups excluding carboxylic acids is 1. The van der Waals surface area contributed by atoms with Crippen molar-refractivity contribution in [2.24, 2.45) is 0 Å². The molecule has 0 bridgehead atoms. The highest BCUT2D eigenvalue weighted by Gasteiger charge is 2.27. The molecule has 1 N–H and O–H groups in total. The van der Waals surface area contributed by atoms with Gasteiger partial charge >= 0.3 is 0 Å². The van der Waals surface area contributed by atoms with Crippen molar-refractivity contribution >= 4 is 21.6 Å². The van der Waals surface area contributed by atoms with E-state index in [1.165, 1.54) is 16.4 Å². The number of likely N-dealkylation sites (N-methyl/N-ethyl adjacent to an activating group) is 1. The number of rotatable bonds is 4. The van der Waals surface area contributed by atoms with Crippen LogP contribution in [0.1, 0.15) is 21.5 Å². The summed E-state index contributed by atoms with van der Waals surface area (Å²) in [5.74, 6) is 5.81. The summed E-state index contributed by atoms with van der Waals surface area (Å²) in [4.78, 5) is 15.1. The van der Waals surface area contributed by atoms with Crippen LogP contribution in [-0.2, 0) is 10.0 Å². The molecule has 1 amide bonds. The van der Waals surface area contributed by atoms with Gasteiger partial charge in [0.05, 0.1) is 4.90 Å². The summed E-state index contributed by atoms with van der Waals surface area (Å²) in [6.07, 6.45) is 0. The first kappa shape index (κ1) is 22.7. The van der Waals surface area contributed by atoms with E-state index in [1.807, 2.05) is 49.5 Å². The van der Waals surface area contributed by atoms with Crippen LogP contribution in [0.3, 0.4) is 0 Å². The summed E-state index contributed by atoms with van der Waals surface area (Å²) in [5.41, 5.74) is 2.55. The van der Waals surface area contributed by atoms with E-state index in [-0.39, 0.29) is 16.4 Å². The number of sulfonamides is 1. The Morgan fingerprint density at radius 3 is 2.24 bits per heavy atom. The molecule has 168 valence electrons. The number of nitrogens with one attached hydrogen (secondary N) is 1. The molecule has 7 heteroatoms. The summed E-state index contributed by atoms with van der Waals surface area (Å²) in [6.45, 7) is 2.24. The number of hydrogen-bond donors (Lipinski definition) is 1. The second-order valence-electron chi connectivity index (χ2n) is 7.89. The second-order valence-corrected chi connectivity index (χ2v) is 9.82. The van der Waals surface area contributed by atoms with Gasteiger partial charge in [-0.25, -0.2) is 8.42 Å². The third-order valence-electron chi connectivity index (χ3n) is 5.44. The van der Waals surface area contributed by atoms with Gasteiger partial charge in [-0.2, -0.15) is 4.31 Å². The van der Waals surface area contributed by atoms with E-state index in [0.29, 0.717) is 31.9 Å². The third kappa shape index (κ3) is 5.68. The lowest BCUT2D eigenvalue weighted by Gasteiger charge is -2.31. The fourth-order valence-corrected chi connectivity index (χ4v) is 4.99. The van der Waals surface area contributed by atoms with Crippen LogP contribution in [0.5, 0.6) is 0 Å². The first-order chi connectivity index (χ1) is 15.9. The minimum atomic E-state index is -3.65. The van der Waals surface area contributed by atoms with Crippen molar-refractivity contribution in [2.75, 3.05) is 38.5 Å². The molecule has 1 saturated heterocycles. The Morgan fingerprint density at radius 2 is 1.48 bits per heavy atom. The molecule has 0 aliphatic carbocycles. The predicted octanol–water partition coefficient (Wildman–Crippen LogP) is 3.27. The molecule has 1 aliphatic heterocycles. The maximum atomic E-state index is 13.0. The molecule has 0 saturated carbocycles. The van der Waals surface area contributed by atoms with Gasteiger partial charge in [-0.1, -0.05) is 42.2 Å². The molecule has 0 radical (unpaired) electrons. The highest BCUT2D eigenvalue weighted by molar-refractivity contribution is 7.89. The molecular weight excluding hydrogens is 434 g/mol. The Bertz CT molecular complexity index is 1300. The Morgan fingerprint density at radius 1 is 0.818 bits per heavy atom. The van der Waals surface area contributed by atoms with Gasteiger partial charge in [0, 0.05) is 48.6 Å². The zero-order chi connectivity index (χ0) is 23.3. The molecule has 1 fully saturated rings. The average Bonchev–Trinajstić information content (AvgIpc) is 2.84. The van der Waals surface area contributed by atoms with Crippen LogP contribution in [0.2, 0.25) is 0 Å². The third-order valence-corrected chi connectivity index (χ3v) is 7.34. The molecule has 3 aromatic rings. The Hall–Kier alpha value is -3.44. The van der Waals surface area contributed by atoms with Gasteiger partial charge in [0.1, 0.15) is 0 Å². The van der Waals surface area contributed by atoms with E-state index in [4.69, 9.17) is 0 Å². The standard InChI is InChI=1S/C26H25N3O3S/c1-28-15-17-29(18-16-28)33(31,32)25-12-6-10-23(20-25)26(30)27-24-11-5-9-22(19-24)14-13-21-7-3-2-4-8-21/h2-12,19-20H,15-18H2,1H3,(H,27,30). The van der Waals surface area contributed by atoms with Crippen molar-refractivity contribution in [1.29, 1.82) is 0 Å². The number of nitrogens with zero attached hydrogens (tertiary/aromatic N) is 2. The lowest BCUT2D eigenvalue weighted by Crippen LogP contribution is -2.47. The Balaban J connectivity index is 1.49. The largest absolute Gasteiger partial charge is 0.322 e. The van der Waals surface area contributed by atoms with Crippen molar-refractivity contribution in [2.45, 2.75) is 4.90 Å². The monoisotopic (exact) mass is 459 g/mol. The van der Waals surface area contributed by atoms with Gasteiger partial charge in [-0.3, -0.25) is 4.79 Å². The maximum Gasteiger partial charge on any atom is 0.255 e. The minimum absolute atomic E-state index is 0.127. The van der Waals surface area contributed by atoms with Gasteiger partial charge in [0.15, 0.2) is 0 Å². The van der Waals surface area contributed by atoms with Crippen molar-refractivity contribution < 1.29 is 13.2 Å². The van der Waals surface area contributed by atoms with Gasteiger partial charge in [-0.05, 0) is 55.6 Å². The Kier molecular flexibility index (Phi) is 6.90. The molecular formula is C26H25N3O3S. The second kappa shape index (κ2) is 10.0. The van der Waals surface area contributed by atoms with Crippen LogP contribution in [0.25, 0.3) is 0 Å². The summed E-state index contributed by atoms with van der Waals surface area (Å²) >= 11 is 0. The molecule has 1 heterocycles. The number of piperazine rings is 1. The van der Waals surface area contributed by atoms with Crippen LogP contribution in [0.4, 0.5) is 5.69 Å². The van der Waals surface area contributed by atoms with Crippen LogP contribution < -0.4 is 5.32 Å². The van der Waals surface area contributed by atoms with Crippen LogP contribution >= 0.6 is 0 Å². The molecule has 0 unspecified atom stereocenters. The first-order valence-corrected chi connectivity index (χ1v) is 12.1. The smallest absolute Gasteiger partial charge is 0.255 e. The molecule has 0 spiro atoms. The molecule has 1 aliphatic rings. The van der Waals surface area contributed by atoms with Crippen LogP contribution in [-0.4, -0.2) is 56.8 Å². The van der Waals surface area contributed by atoms with Crippen molar-refractivity contribution in [3.05, 3.63) is 95.6 Å². The zero-order valence-corrected chi connectivity index (χ0v) is 19.2. The molecule has 0 atom stereocenters. The molecule has 6 nitrogen and oxygen atoms in total. The molecule has 3 aromatic carbocycles. The van der Waals surface area contributed by atoms with E-state index >= 15 is 0 Å². The van der Waals surface area contributed by atoms with Gasteiger partial charge in [0.2, 0.25) is 10.0 Å². The summed E-state index contributed by atoms with van der Waals surface area (Å²) < 4.78 is 27.5. The average molecular weight is 460 g/mol. The number of hydrogen-bond acceptors (Lipinski definition) is 4. The van der Waals surface area contributed by atoms with Crippen molar-refractivity contribution in [3.63, 3.8) is 0 Å². The lowest BCUT2D eigenvalue weighted by molar-refractivity contribution is 0.102. The number of anilines is 1. The van der Waals surface area contributed by atoms with Gasteiger partial charge in [0.25, 0.3) is 5.91 Å². The number of carbonyl (C=O) groups is 1. The fourth-order valence-electron chi connectivity index (χ4n) is 3.52. The van der Waals surface area contributed by atoms with E-state index in [2.05, 4.69) is 22.1 Å². The minimum Gasteiger partial charge on any atom is -0.322 e. The van der Waals surface area contributed by atoms with Crippen molar-refractivity contribution in [1.82, 2.24) is 9.21 Å². The quantitative estimate of drug-likeness (QED) is 0.608. The topological polar surface area (TPSA) is 69.7 Å². The maximum absolute atomic E-state index is 13.0. The first-order valence-electron chi connectivity index (χ1n) is 10.7. The van der Waals surface area contributed by atoms with Crippen molar-refractivity contribution in [3.8, 4) is 11.8 Å². The fraction of sp³-hybridized carbons (Fsp3) is 0.192. The number of amides is 1. The normalized spacial score (nSPS) is 14.8. The lowest BCUT2D eigenvalue weighted by atomic mass is 10.1. The van der Waals surface area contributed by atoms with Gasteiger partial charge in [-0.15, -0.1) is 0 Å². The van der Waals surface area contributed by atoms with Crippen LogP contribution in [0.15, 0.2) is 83.8 Å². The summed E-state index contributed by atoms with van der Waals surface area (Å²) in [7, 11) is -1.68. The van der Waals surface area contributed by atoms with Gasteiger partial charge < -0.3 is 10.2 Å². The van der Waals surface area contributed by atoms with Crippen LogP contribution in [0, 0.1) is 11.8 Å². The van der Waals surface area contributed by atoms with E-state index in [1.54, 1.807) is 24.3 Å². The Labute approximate surface area is 194 Å². The molecule has 33 heavy (non-hydrogen) atoms. The number of benzene rings is 3. The highest BCUT2D eigenvalue weighted by Crippen LogP contribution is 2.20. The molecule has 4 rings (SSSR count). The highest BCUT2D eigenvalue weighted by atomic mass is 32.2. The SMILES string of the molecule is CN1CCN(S(=O)(=O)c2cccc(C(=O)Nc3cccc(C#Cc4ccccc4)c3)c2)CC1. The van der Waals surface area contributed by atoms with E-state index < -0.39 is 10.0 Å². The molecule has 0 aromatic heterocycles. The predicted molar refractivity (Wildman–Crippen MR) is 130 cm³/mol.